The maximum atomic E-state index is 8.38. The average molecular weight is 190 g/mol. The standard InChI is InChI=1S/C8H18N2OS/c1-4-7(3)12-5-6(2)8(9)10-11/h6-7,11H,4-5H2,1-3H3,(H2,9,10). The van der Waals surface area contributed by atoms with Crippen LogP contribution in [0.3, 0.4) is 0 Å². The number of oxime groups is 1. The lowest BCUT2D eigenvalue weighted by Crippen LogP contribution is -2.23. The maximum absolute atomic E-state index is 8.38. The third-order valence-corrected chi connectivity index (χ3v) is 3.42. The van der Waals surface area contributed by atoms with Gasteiger partial charge in [-0.1, -0.05) is 25.9 Å². The lowest BCUT2D eigenvalue weighted by molar-refractivity contribution is 0.315. The van der Waals surface area contributed by atoms with E-state index in [-0.39, 0.29) is 5.92 Å². The number of rotatable bonds is 5. The summed E-state index contributed by atoms with van der Waals surface area (Å²) >= 11 is 1.86. The van der Waals surface area contributed by atoms with Gasteiger partial charge in [-0.3, -0.25) is 0 Å². The summed E-state index contributed by atoms with van der Waals surface area (Å²) in [4.78, 5) is 0. The van der Waals surface area contributed by atoms with Gasteiger partial charge in [-0.2, -0.15) is 11.8 Å². The van der Waals surface area contributed by atoms with E-state index in [1.54, 1.807) is 0 Å². The molecule has 0 heterocycles. The fraction of sp³-hybridized carbons (Fsp3) is 0.875. The Balaban J connectivity index is 3.64. The summed E-state index contributed by atoms with van der Waals surface area (Å²) in [5.74, 6) is 1.41. The fourth-order valence-electron chi connectivity index (χ4n) is 0.610. The van der Waals surface area contributed by atoms with Crippen LogP contribution in [0.25, 0.3) is 0 Å². The minimum absolute atomic E-state index is 0.161. The first-order chi connectivity index (χ1) is 5.61. The van der Waals surface area contributed by atoms with Crippen molar-refractivity contribution in [3.63, 3.8) is 0 Å². The normalized spacial score (nSPS) is 17.4. The first-order valence-corrected chi connectivity index (χ1v) is 5.25. The molecule has 0 saturated heterocycles. The molecule has 0 saturated carbocycles. The Bertz CT molecular complexity index is 150. The van der Waals surface area contributed by atoms with Crippen molar-refractivity contribution in [2.45, 2.75) is 32.4 Å². The number of hydrogen-bond donors (Lipinski definition) is 2. The highest BCUT2D eigenvalue weighted by Crippen LogP contribution is 2.16. The second kappa shape index (κ2) is 6.17. The highest BCUT2D eigenvalue weighted by Gasteiger charge is 2.09. The van der Waals surface area contributed by atoms with Crippen molar-refractivity contribution in [3.8, 4) is 0 Å². The molecule has 0 aromatic carbocycles. The van der Waals surface area contributed by atoms with E-state index < -0.39 is 0 Å². The van der Waals surface area contributed by atoms with Gasteiger partial charge >= 0.3 is 0 Å². The highest BCUT2D eigenvalue weighted by atomic mass is 32.2. The molecule has 0 aromatic heterocycles. The summed E-state index contributed by atoms with van der Waals surface area (Å²) in [7, 11) is 0. The Kier molecular flexibility index (Phi) is 5.98. The number of hydrogen-bond acceptors (Lipinski definition) is 3. The summed E-state index contributed by atoms with van der Waals surface area (Å²) in [6, 6.07) is 0. The van der Waals surface area contributed by atoms with E-state index in [0.29, 0.717) is 11.1 Å². The van der Waals surface area contributed by atoms with Crippen LogP contribution < -0.4 is 5.73 Å². The van der Waals surface area contributed by atoms with Gasteiger partial charge in [0, 0.05) is 16.9 Å². The fourth-order valence-corrected chi connectivity index (χ4v) is 1.63. The van der Waals surface area contributed by atoms with Crippen molar-refractivity contribution in [1.82, 2.24) is 0 Å². The quantitative estimate of drug-likeness (QED) is 0.301. The Labute approximate surface area is 78.4 Å². The van der Waals surface area contributed by atoms with Gasteiger partial charge in [0.25, 0.3) is 0 Å². The van der Waals surface area contributed by atoms with E-state index in [0.717, 1.165) is 12.2 Å². The van der Waals surface area contributed by atoms with Crippen molar-refractivity contribution in [1.29, 1.82) is 0 Å². The molecule has 2 atom stereocenters. The van der Waals surface area contributed by atoms with Crippen LogP contribution in [0.2, 0.25) is 0 Å². The minimum Gasteiger partial charge on any atom is -0.409 e. The van der Waals surface area contributed by atoms with E-state index in [9.17, 15) is 0 Å². The van der Waals surface area contributed by atoms with Crippen LogP contribution in [0, 0.1) is 5.92 Å². The molecule has 3 nitrogen and oxygen atoms in total. The summed E-state index contributed by atoms with van der Waals surface area (Å²) in [6.45, 7) is 6.31. The van der Waals surface area contributed by atoms with E-state index in [1.165, 1.54) is 0 Å². The van der Waals surface area contributed by atoms with Crippen LogP contribution in [-0.2, 0) is 0 Å². The third kappa shape index (κ3) is 4.49. The average Bonchev–Trinajstić information content (AvgIpc) is 2.11. The summed E-state index contributed by atoms with van der Waals surface area (Å²) in [5.41, 5.74) is 5.43. The number of thioether (sulfide) groups is 1. The van der Waals surface area contributed by atoms with E-state index in [1.807, 2.05) is 18.7 Å². The predicted octanol–water partition coefficient (Wildman–Crippen LogP) is 1.90. The van der Waals surface area contributed by atoms with E-state index in [4.69, 9.17) is 10.9 Å². The topological polar surface area (TPSA) is 58.6 Å². The molecular weight excluding hydrogens is 172 g/mol. The van der Waals surface area contributed by atoms with Gasteiger partial charge in [-0.05, 0) is 6.42 Å². The zero-order valence-electron chi connectivity index (χ0n) is 7.95. The molecule has 0 aromatic rings. The van der Waals surface area contributed by atoms with Crippen molar-refractivity contribution in [3.05, 3.63) is 0 Å². The zero-order chi connectivity index (χ0) is 9.56. The maximum Gasteiger partial charge on any atom is 0.142 e. The van der Waals surface area contributed by atoms with E-state index in [2.05, 4.69) is 19.0 Å². The lowest BCUT2D eigenvalue weighted by Gasteiger charge is -2.12. The van der Waals surface area contributed by atoms with Crippen molar-refractivity contribution in [2.24, 2.45) is 16.8 Å². The van der Waals surface area contributed by atoms with Gasteiger partial charge in [-0.15, -0.1) is 0 Å². The minimum atomic E-state index is 0.161. The Hall–Kier alpha value is -0.380. The van der Waals surface area contributed by atoms with Gasteiger partial charge in [0.1, 0.15) is 5.84 Å². The number of amidine groups is 1. The molecule has 2 unspecified atom stereocenters. The summed E-state index contributed by atoms with van der Waals surface area (Å²) < 4.78 is 0. The number of nitrogens with two attached hydrogens (primary N) is 1. The highest BCUT2D eigenvalue weighted by molar-refractivity contribution is 7.99. The molecule has 0 aliphatic heterocycles. The summed E-state index contributed by atoms with van der Waals surface area (Å²) in [5, 5.41) is 12.0. The van der Waals surface area contributed by atoms with Gasteiger partial charge < -0.3 is 10.9 Å². The van der Waals surface area contributed by atoms with Crippen LogP contribution in [0.4, 0.5) is 0 Å². The van der Waals surface area contributed by atoms with Crippen LogP contribution in [0.5, 0.6) is 0 Å². The molecule has 0 bridgehead atoms. The van der Waals surface area contributed by atoms with Crippen molar-refractivity contribution >= 4 is 17.6 Å². The molecule has 0 fully saturated rings. The first kappa shape index (κ1) is 11.6. The zero-order valence-corrected chi connectivity index (χ0v) is 8.77. The molecule has 4 heteroatoms. The van der Waals surface area contributed by atoms with Gasteiger partial charge in [0.2, 0.25) is 0 Å². The van der Waals surface area contributed by atoms with E-state index >= 15 is 0 Å². The third-order valence-electron chi connectivity index (χ3n) is 1.83. The molecule has 0 spiro atoms. The molecular formula is C8H18N2OS. The lowest BCUT2D eigenvalue weighted by atomic mass is 10.2. The van der Waals surface area contributed by atoms with Gasteiger partial charge in [-0.25, -0.2) is 0 Å². The number of nitrogens with zero attached hydrogens (tertiary/aromatic N) is 1. The first-order valence-electron chi connectivity index (χ1n) is 4.20. The molecule has 12 heavy (non-hydrogen) atoms. The summed E-state index contributed by atoms with van der Waals surface area (Å²) in [6.07, 6.45) is 1.16. The largest absolute Gasteiger partial charge is 0.409 e. The SMILES string of the molecule is CCC(C)SCC(C)/C(N)=N/O. The Morgan fingerprint density at radius 1 is 1.58 bits per heavy atom. The second-order valence-corrected chi connectivity index (χ2v) is 4.45. The van der Waals surface area contributed by atoms with Crippen LogP contribution >= 0.6 is 11.8 Å². The Morgan fingerprint density at radius 2 is 2.17 bits per heavy atom. The van der Waals surface area contributed by atoms with Gasteiger partial charge in [0.15, 0.2) is 0 Å². The molecule has 0 aliphatic rings. The molecule has 3 N–H and O–H groups in total. The second-order valence-electron chi connectivity index (χ2n) is 2.98. The van der Waals surface area contributed by atoms with Crippen LogP contribution in [0.15, 0.2) is 5.16 Å². The predicted molar refractivity (Wildman–Crippen MR) is 54.8 cm³/mol. The molecule has 72 valence electrons. The van der Waals surface area contributed by atoms with Crippen LogP contribution in [-0.4, -0.2) is 22.0 Å². The molecule has 0 rings (SSSR count). The van der Waals surface area contributed by atoms with Crippen molar-refractivity contribution < 1.29 is 5.21 Å². The monoisotopic (exact) mass is 190 g/mol. The van der Waals surface area contributed by atoms with Crippen molar-refractivity contribution in [2.75, 3.05) is 5.75 Å². The smallest absolute Gasteiger partial charge is 0.142 e. The van der Waals surface area contributed by atoms with Crippen LogP contribution in [0.1, 0.15) is 27.2 Å². The Morgan fingerprint density at radius 3 is 2.58 bits per heavy atom. The molecule has 0 aliphatic carbocycles. The molecule has 0 radical (unpaired) electrons. The molecule has 0 amide bonds. The van der Waals surface area contributed by atoms with Gasteiger partial charge in [0.05, 0.1) is 0 Å².